The van der Waals surface area contributed by atoms with Gasteiger partial charge in [-0.1, -0.05) is 17.7 Å². The molecule has 1 fully saturated rings. The Morgan fingerprint density at radius 1 is 1.08 bits per heavy atom. The molecule has 0 amide bonds. The maximum Gasteiger partial charge on any atom is 0.391 e. The van der Waals surface area contributed by atoms with Gasteiger partial charge in [0.15, 0.2) is 5.82 Å². The van der Waals surface area contributed by atoms with Gasteiger partial charge in [-0.3, -0.25) is 9.29 Å². The largest absolute Gasteiger partial charge is 0.494 e. The first-order chi connectivity index (χ1) is 18.4. The third kappa shape index (κ3) is 5.75. The zero-order chi connectivity index (χ0) is 28.5. The summed E-state index contributed by atoms with van der Waals surface area (Å²) in [6, 6.07) is 4.84. The molecular weight excluding hydrogens is 565 g/mol. The summed E-state index contributed by atoms with van der Waals surface area (Å²) in [5.74, 6) is -1.64. The Balaban J connectivity index is 1.76. The maximum atomic E-state index is 13.5. The molecule has 4 rings (SSSR count). The Morgan fingerprint density at radius 2 is 1.67 bits per heavy atom. The van der Waals surface area contributed by atoms with E-state index in [1.807, 2.05) is 0 Å². The number of methoxy groups -OCH3 is 3. The highest BCUT2D eigenvalue weighted by atomic mass is 35.5. The molecule has 3 aromatic rings. The molecule has 0 radical (unpaired) electrons. The van der Waals surface area contributed by atoms with E-state index in [-0.39, 0.29) is 52.6 Å². The summed E-state index contributed by atoms with van der Waals surface area (Å²) in [5, 5.41) is 7.13. The first-order valence-corrected chi connectivity index (χ1v) is 13.6. The van der Waals surface area contributed by atoms with Crippen molar-refractivity contribution in [1.82, 2.24) is 24.7 Å². The van der Waals surface area contributed by atoms with Crippen LogP contribution in [0, 0.1) is 5.92 Å². The van der Waals surface area contributed by atoms with Crippen LogP contribution in [0.25, 0.3) is 5.69 Å². The van der Waals surface area contributed by atoms with Gasteiger partial charge in [-0.15, -0.1) is 10.2 Å². The number of benzene rings is 1. The van der Waals surface area contributed by atoms with Crippen molar-refractivity contribution in [2.45, 2.75) is 43.2 Å². The lowest BCUT2D eigenvalue weighted by atomic mass is 9.74. The fourth-order valence-corrected chi connectivity index (χ4v) is 5.58. The molecule has 1 saturated carbocycles. The number of alkyl halides is 3. The van der Waals surface area contributed by atoms with Crippen LogP contribution < -0.4 is 14.2 Å². The Labute approximate surface area is 227 Å². The zero-order valence-electron chi connectivity index (χ0n) is 21.3. The van der Waals surface area contributed by atoms with Crippen LogP contribution in [-0.2, 0) is 14.8 Å². The van der Waals surface area contributed by atoms with Gasteiger partial charge in [0.1, 0.15) is 34.4 Å². The SMILES string of the molecule is COc1cccc(OC)c1-n1c(NS(=O)(=O)[C@@H](C)[C@H](OC)c2ncc(Cl)cn2)nnc1[C@H]1C[C@@H](C(F)(F)F)C1. The van der Waals surface area contributed by atoms with Gasteiger partial charge < -0.3 is 14.2 Å². The van der Waals surface area contributed by atoms with E-state index in [1.54, 1.807) is 18.2 Å². The van der Waals surface area contributed by atoms with E-state index >= 15 is 0 Å². The van der Waals surface area contributed by atoms with Crippen molar-refractivity contribution in [2.24, 2.45) is 5.92 Å². The Bertz CT molecular complexity index is 1390. The minimum Gasteiger partial charge on any atom is -0.494 e. The van der Waals surface area contributed by atoms with E-state index < -0.39 is 39.4 Å². The van der Waals surface area contributed by atoms with Crippen LogP contribution in [0.4, 0.5) is 19.1 Å². The third-order valence-electron chi connectivity index (χ3n) is 6.58. The van der Waals surface area contributed by atoms with Gasteiger partial charge in [0.05, 0.1) is 25.2 Å². The van der Waals surface area contributed by atoms with Crippen molar-refractivity contribution < 1.29 is 35.8 Å². The lowest BCUT2D eigenvalue weighted by Gasteiger charge is -2.36. The first kappa shape index (κ1) is 28.8. The molecule has 1 N–H and O–H groups in total. The van der Waals surface area contributed by atoms with Crippen LogP contribution >= 0.6 is 11.6 Å². The topological polar surface area (TPSA) is 130 Å². The van der Waals surface area contributed by atoms with Gasteiger partial charge in [0.25, 0.3) is 0 Å². The van der Waals surface area contributed by atoms with Crippen molar-refractivity contribution in [3.8, 4) is 17.2 Å². The molecule has 212 valence electrons. The molecule has 1 aliphatic rings. The van der Waals surface area contributed by atoms with Crippen molar-refractivity contribution in [3.63, 3.8) is 0 Å². The fourth-order valence-electron chi connectivity index (χ4n) is 4.35. The Hall–Kier alpha value is -3.17. The van der Waals surface area contributed by atoms with Gasteiger partial charge in [0, 0.05) is 25.4 Å². The summed E-state index contributed by atoms with van der Waals surface area (Å²) in [6.45, 7) is 1.39. The van der Waals surface area contributed by atoms with E-state index in [4.69, 9.17) is 25.8 Å². The Morgan fingerprint density at radius 3 is 2.18 bits per heavy atom. The summed E-state index contributed by atoms with van der Waals surface area (Å²) in [5.41, 5.74) is 0.229. The fraction of sp³-hybridized carbons (Fsp3) is 0.478. The molecule has 0 aliphatic heterocycles. The van der Waals surface area contributed by atoms with Crippen LogP contribution in [0.5, 0.6) is 11.5 Å². The molecule has 0 unspecified atom stereocenters. The monoisotopic (exact) mass is 590 g/mol. The van der Waals surface area contributed by atoms with E-state index in [9.17, 15) is 21.6 Å². The van der Waals surface area contributed by atoms with Crippen molar-refractivity contribution >= 4 is 27.6 Å². The summed E-state index contributed by atoms with van der Waals surface area (Å²) in [7, 11) is -0.162. The molecule has 11 nitrogen and oxygen atoms in total. The molecule has 0 bridgehead atoms. The second kappa shape index (κ2) is 11.1. The van der Waals surface area contributed by atoms with Gasteiger partial charge in [-0.2, -0.15) is 13.2 Å². The predicted molar refractivity (Wildman–Crippen MR) is 135 cm³/mol. The first-order valence-electron chi connectivity index (χ1n) is 11.7. The van der Waals surface area contributed by atoms with Gasteiger partial charge in [0.2, 0.25) is 16.0 Å². The number of sulfonamides is 1. The van der Waals surface area contributed by atoms with Gasteiger partial charge in [-0.05, 0) is 31.9 Å². The number of rotatable bonds is 10. The predicted octanol–water partition coefficient (Wildman–Crippen LogP) is 4.30. The minimum atomic E-state index is -4.35. The summed E-state index contributed by atoms with van der Waals surface area (Å²) in [4.78, 5) is 8.11. The average molecular weight is 591 g/mol. The van der Waals surface area contributed by atoms with Crippen LogP contribution in [0.3, 0.4) is 0 Å². The van der Waals surface area contributed by atoms with Crippen LogP contribution in [0.1, 0.15) is 43.4 Å². The highest BCUT2D eigenvalue weighted by molar-refractivity contribution is 7.93. The number of nitrogens with zero attached hydrogens (tertiary/aromatic N) is 5. The number of anilines is 1. The summed E-state index contributed by atoms with van der Waals surface area (Å²) >= 11 is 5.84. The number of hydrogen-bond acceptors (Lipinski definition) is 9. The number of nitrogens with one attached hydrogen (secondary N) is 1. The normalized spacial score (nSPS) is 19.2. The van der Waals surface area contributed by atoms with Crippen molar-refractivity contribution in [2.75, 3.05) is 26.1 Å². The Kier molecular flexibility index (Phi) is 8.23. The third-order valence-corrected chi connectivity index (χ3v) is 8.47. The van der Waals surface area contributed by atoms with Crippen molar-refractivity contribution in [1.29, 1.82) is 0 Å². The zero-order valence-corrected chi connectivity index (χ0v) is 22.9. The van der Waals surface area contributed by atoms with E-state index in [0.717, 1.165) is 0 Å². The van der Waals surface area contributed by atoms with Crippen LogP contribution in [-0.4, -0.2) is 65.9 Å². The molecule has 2 heterocycles. The number of para-hydroxylation sites is 1. The number of aromatic nitrogens is 5. The van der Waals surface area contributed by atoms with Crippen LogP contribution in [0.2, 0.25) is 5.02 Å². The summed E-state index contributed by atoms with van der Waals surface area (Å²) < 4.78 is 86.8. The molecule has 39 heavy (non-hydrogen) atoms. The number of halogens is 4. The number of ether oxygens (including phenoxy) is 3. The molecule has 2 atom stereocenters. The van der Waals surface area contributed by atoms with Gasteiger partial charge >= 0.3 is 6.18 Å². The molecule has 2 aromatic heterocycles. The van der Waals surface area contributed by atoms with E-state index in [1.165, 1.54) is 45.2 Å². The maximum absolute atomic E-state index is 13.5. The second-order valence-electron chi connectivity index (χ2n) is 8.90. The summed E-state index contributed by atoms with van der Waals surface area (Å²) in [6.07, 6.45) is -3.25. The lowest BCUT2D eigenvalue weighted by molar-refractivity contribution is -0.198. The quantitative estimate of drug-likeness (QED) is 0.367. The van der Waals surface area contributed by atoms with Crippen molar-refractivity contribution in [3.05, 3.63) is 47.3 Å². The highest BCUT2D eigenvalue weighted by Crippen LogP contribution is 2.50. The molecule has 1 aliphatic carbocycles. The molecule has 16 heteroatoms. The molecule has 1 aromatic carbocycles. The van der Waals surface area contributed by atoms with Crippen LogP contribution in [0.15, 0.2) is 30.6 Å². The lowest BCUT2D eigenvalue weighted by Crippen LogP contribution is -2.36. The minimum absolute atomic E-state index is 0.0842. The molecule has 0 saturated heterocycles. The smallest absolute Gasteiger partial charge is 0.391 e. The highest BCUT2D eigenvalue weighted by Gasteiger charge is 2.50. The van der Waals surface area contributed by atoms with E-state index in [0.29, 0.717) is 0 Å². The molecular formula is C23H26ClF3N6O5S. The number of hydrogen-bond donors (Lipinski definition) is 1. The average Bonchev–Trinajstić information content (AvgIpc) is 3.24. The standard InChI is InChI=1S/C23H26ClF3N6O5S/c1-12(19(38-4)20-28-10-15(24)11-29-20)39(34,35)32-22-31-30-21(13-8-14(9-13)23(25,26)27)33(22)18-16(36-2)6-5-7-17(18)37-3/h5-7,10-14,19H,8-9H2,1-4H3,(H,31,32)/t12-,13-,14+,19-/m0/s1. The molecule has 0 spiro atoms. The van der Waals surface area contributed by atoms with Gasteiger partial charge in [-0.25, -0.2) is 18.4 Å². The second-order valence-corrected chi connectivity index (χ2v) is 11.4. The van der Waals surface area contributed by atoms with E-state index in [2.05, 4.69) is 24.9 Å².